The summed E-state index contributed by atoms with van der Waals surface area (Å²) in [5, 5.41) is 0. The van der Waals surface area contributed by atoms with Crippen LogP contribution in [0.3, 0.4) is 0 Å². The standard InChI is InChI=1S/C16H16O/c1-11-7-8-13-15(9-11)14(10-16(13)17)12-5-3-2-4-6-12/h2-8,14-15H,9-10H2,1H3. The minimum atomic E-state index is 0.340. The van der Waals surface area contributed by atoms with Gasteiger partial charge in [-0.2, -0.15) is 0 Å². The molecule has 1 fully saturated rings. The van der Waals surface area contributed by atoms with Gasteiger partial charge in [0.15, 0.2) is 5.78 Å². The summed E-state index contributed by atoms with van der Waals surface area (Å²) in [7, 11) is 0. The van der Waals surface area contributed by atoms with Gasteiger partial charge >= 0.3 is 0 Å². The van der Waals surface area contributed by atoms with Gasteiger partial charge in [0, 0.05) is 6.42 Å². The molecule has 0 bridgehead atoms. The molecule has 3 rings (SSSR count). The number of benzene rings is 1. The van der Waals surface area contributed by atoms with Gasteiger partial charge in [-0.25, -0.2) is 0 Å². The second kappa shape index (κ2) is 3.99. The van der Waals surface area contributed by atoms with Crippen LogP contribution < -0.4 is 0 Å². The van der Waals surface area contributed by atoms with Crippen molar-refractivity contribution in [3.8, 4) is 0 Å². The Kier molecular flexibility index (Phi) is 2.47. The predicted molar refractivity (Wildman–Crippen MR) is 68.8 cm³/mol. The topological polar surface area (TPSA) is 17.1 Å². The fraction of sp³-hybridized carbons (Fsp3) is 0.312. The lowest BCUT2D eigenvalue weighted by molar-refractivity contribution is -0.114. The molecule has 0 spiro atoms. The minimum absolute atomic E-state index is 0.340. The van der Waals surface area contributed by atoms with Crippen molar-refractivity contribution in [2.75, 3.05) is 0 Å². The highest BCUT2D eigenvalue weighted by Crippen LogP contribution is 2.45. The van der Waals surface area contributed by atoms with E-state index in [-0.39, 0.29) is 0 Å². The Bertz CT molecular complexity index is 508. The quantitative estimate of drug-likeness (QED) is 0.711. The van der Waals surface area contributed by atoms with Crippen molar-refractivity contribution in [3.05, 3.63) is 59.2 Å². The highest BCUT2D eigenvalue weighted by molar-refractivity contribution is 5.99. The molecule has 0 aromatic heterocycles. The first-order valence-electron chi connectivity index (χ1n) is 6.21. The number of fused-ring (bicyclic) bond motifs is 1. The third-order valence-corrected chi connectivity index (χ3v) is 3.93. The SMILES string of the molecule is CC1=CC=C2C(=O)CC(c3ccccc3)C2C1. The van der Waals surface area contributed by atoms with E-state index in [1.165, 1.54) is 11.1 Å². The first-order chi connectivity index (χ1) is 8.25. The Balaban J connectivity index is 1.98. The van der Waals surface area contributed by atoms with Crippen molar-refractivity contribution < 1.29 is 4.79 Å². The van der Waals surface area contributed by atoms with Crippen LogP contribution in [0.1, 0.15) is 31.2 Å². The Morgan fingerprint density at radius 2 is 1.76 bits per heavy atom. The van der Waals surface area contributed by atoms with E-state index < -0.39 is 0 Å². The maximum atomic E-state index is 12.0. The Labute approximate surface area is 102 Å². The van der Waals surface area contributed by atoms with E-state index >= 15 is 0 Å². The van der Waals surface area contributed by atoms with Gasteiger partial charge in [0.05, 0.1) is 0 Å². The summed E-state index contributed by atoms with van der Waals surface area (Å²) in [4.78, 5) is 12.0. The van der Waals surface area contributed by atoms with E-state index in [2.05, 4.69) is 37.3 Å². The zero-order chi connectivity index (χ0) is 11.8. The lowest BCUT2D eigenvalue weighted by Gasteiger charge is -2.22. The van der Waals surface area contributed by atoms with Gasteiger partial charge < -0.3 is 0 Å². The molecule has 1 saturated carbocycles. The first kappa shape index (κ1) is 10.5. The zero-order valence-electron chi connectivity index (χ0n) is 10.0. The highest BCUT2D eigenvalue weighted by Gasteiger charge is 2.39. The number of rotatable bonds is 1. The van der Waals surface area contributed by atoms with Crippen LogP contribution in [-0.2, 0) is 4.79 Å². The molecule has 1 nitrogen and oxygen atoms in total. The summed E-state index contributed by atoms with van der Waals surface area (Å²) < 4.78 is 0. The number of ketones is 1. The summed E-state index contributed by atoms with van der Waals surface area (Å²) in [6, 6.07) is 10.5. The summed E-state index contributed by atoms with van der Waals surface area (Å²) >= 11 is 0. The Morgan fingerprint density at radius 1 is 1.00 bits per heavy atom. The van der Waals surface area contributed by atoms with Crippen molar-refractivity contribution in [2.24, 2.45) is 5.92 Å². The third kappa shape index (κ3) is 1.76. The van der Waals surface area contributed by atoms with E-state index in [1.807, 2.05) is 12.1 Å². The van der Waals surface area contributed by atoms with E-state index in [0.29, 0.717) is 24.0 Å². The van der Waals surface area contributed by atoms with E-state index in [9.17, 15) is 4.79 Å². The average Bonchev–Trinajstić information content (AvgIpc) is 2.67. The number of carbonyl (C=O) groups excluding carboxylic acids is 1. The molecular formula is C16H16O. The normalized spacial score (nSPS) is 27.5. The molecule has 1 heteroatoms. The van der Waals surface area contributed by atoms with Crippen molar-refractivity contribution in [2.45, 2.75) is 25.7 Å². The predicted octanol–water partition coefficient (Wildman–Crippen LogP) is 3.64. The molecule has 17 heavy (non-hydrogen) atoms. The molecule has 0 aliphatic heterocycles. The molecular weight excluding hydrogens is 208 g/mol. The maximum Gasteiger partial charge on any atom is 0.159 e. The second-order valence-electron chi connectivity index (χ2n) is 5.09. The third-order valence-electron chi connectivity index (χ3n) is 3.93. The van der Waals surface area contributed by atoms with E-state index in [0.717, 1.165) is 12.0 Å². The van der Waals surface area contributed by atoms with Crippen LogP contribution in [0.4, 0.5) is 0 Å². The molecule has 0 saturated heterocycles. The summed E-state index contributed by atoms with van der Waals surface area (Å²) in [6.45, 7) is 2.15. The number of Topliss-reactive ketones (excluding diaryl/α,β-unsaturated/α-hetero) is 1. The zero-order valence-corrected chi connectivity index (χ0v) is 10.0. The number of carbonyl (C=O) groups is 1. The minimum Gasteiger partial charge on any atom is -0.295 e. The molecule has 0 radical (unpaired) electrons. The van der Waals surface area contributed by atoms with Crippen molar-refractivity contribution in [1.29, 1.82) is 0 Å². The van der Waals surface area contributed by atoms with Crippen LogP contribution in [0.15, 0.2) is 53.6 Å². The highest BCUT2D eigenvalue weighted by atomic mass is 16.1. The molecule has 0 heterocycles. The molecule has 0 amide bonds. The summed E-state index contributed by atoms with van der Waals surface area (Å²) in [5.74, 6) is 1.14. The van der Waals surface area contributed by atoms with Gasteiger partial charge in [0.1, 0.15) is 0 Å². The molecule has 0 N–H and O–H groups in total. The number of hydrogen-bond donors (Lipinski definition) is 0. The van der Waals surface area contributed by atoms with Crippen molar-refractivity contribution in [1.82, 2.24) is 0 Å². The van der Waals surface area contributed by atoms with E-state index in [1.54, 1.807) is 0 Å². The van der Waals surface area contributed by atoms with Crippen LogP contribution in [0, 0.1) is 5.92 Å². The fourth-order valence-electron chi connectivity index (χ4n) is 3.05. The van der Waals surface area contributed by atoms with Crippen LogP contribution in [0.5, 0.6) is 0 Å². The number of hydrogen-bond acceptors (Lipinski definition) is 1. The molecule has 2 aliphatic carbocycles. The van der Waals surface area contributed by atoms with Crippen LogP contribution in [0.25, 0.3) is 0 Å². The van der Waals surface area contributed by atoms with Gasteiger partial charge in [0.2, 0.25) is 0 Å². The lowest BCUT2D eigenvalue weighted by atomic mass is 9.81. The van der Waals surface area contributed by atoms with Crippen molar-refractivity contribution in [3.63, 3.8) is 0 Å². The monoisotopic (exact) mass is 224 g/mol. The summed E-state index contributed by atoms with van der Waals surface area (Å²) in [6.07, 6.45) is 5.85. The Morgan fingerprint density at radius 3 is 2.53 bits per heavy atom. The van der Waals surface area contributed by atoms with E-state index in [4.69, 9.17) is 0 Å². The summed E-state index contributed by atoms with van der Waals surface area (Å²) in [5.41, 5.74) is 3.74. The molecule has 2 atom stereocenters. The average molecular weight is 224 g/mol. The molecule has 1 aromatic rings. The van der Waals surface area contributed by atoms with Crippen molar-refractivity contribution >= 4 is 5.78 Å². The van der Waals surface area contributed by atoms with Gasteiger partial charge in [-0.05, 0) is 36.3 Å². The molecule has 2 aliphatic rings. The Hall–Kier alpha value is -1.63. The number of allylic oxidation sites excluding steroid dienone is 4. The maximum absolute atomic E-state index is 12.0. The lowest BCUT2D eigenvalue weighted by Crippen LogP contribution is -2.11. The fourth-order valence-corrected chi connectivity index (χ4v) is 3.05. The van der Waals surface area contributed by atoms with Gasteiger partial charge in [0.25, 0.3) is 0 Å². The van der Waals surface area contributed by atoms with Gasteiger partial charge in [-0.15, -0.1) is 0 Å². The smallest absolute Gasteiger partial charge is 0.159 e. The van der Waals surface area contributed by atoms with Crippen LogP contribution >= 0.6 is 0 Å². The van der Waals surface area contributed by atoms with Crippen LogP contribution in [0.2, 0.25) is 0 Å². The largest absolute Gasteiger partial charge is 0.295 e. The first-order valence-corrected chi connectivity index (χ1v) is 6.21. The van der Waals surface area contributed by atoms with Gasteiger partial charge in [-0.1, -0.05) is 48.1 Å². The molecule has 86 valence electrons. The molecule has 2 unspecified atom stereocenters. The van der Waals surface area contributed by atoms with Crippen LogP contribution in [-0.4, -0.2) is 5.78 Å². The van der Waals surface area contributed by atoms with Gasteiger partial charge in [-0.3, -0.25) is 4.79 Å². The molecule has 1 aromatic carbocycles. The second-order valence-corrected chi connectivity index (χ2v) is 5.09.